The molecule has 0 aliphatic carbocycles. The minimum absolute atomic E-state index is 0.00460. The zero-order valence-electron chi connectivity index (χ0n) is 17.1. The van der Waals surface area contributed by atoms with Crippen molar-refractivity contribution >= 4 is 21.6 Å². The maximum absolute atomic E-state index is 13.4. The van der Waals surface area contributed by atoms with E-state index in [9.17, 15) is 13.2 Å². The van der Waals surface area contributed by atoms with Gasteiger partial charge in [-0.1, -0.05) is 68.3 Å². The van der Waals surface area contributed by atoms with Gasteiger partial charge in [0.2, 0.25) is 0 Å². The van der Waals surface area contributed by atoms with Crippen LogP contribution in [0.4, 0.5) is 0 Å². The summed E-state index contributed by atoms with van der Waals surface area (Å²) in [5, 5.41) is 8.52. The van der Waals surface area contributed by atoms with E-state index in [4.69, 9.17) is 15.9 Å². The molecule has 0 saturated carbocycles. The Bertz CT molecular complexity index is 992. The van der Waals surface area contributed by atoms with Crippen LogP contribution in [0.5, 0.6) is 0 Å². The molecule has 0 bridgehead atoms. The van der Waals surface area contributed by atoms with Crippen LogP contribution in [0, 0.1) is 16.7 Å². The van der Waals surface area contributed by atoms with Crippen LogP contribution in [0.3, 0.4) is 0 Å². The van der Waals surface area contributed by atoms with Crippen LogP contribution in [-0.4, -0.2) is 32.6 Å². The first-order valence-corrected chi connectivity index (χ1v) is 11.8. The second-order valence-corrected chi connectivity index (χ2v) is 9.80. The monoisotopic (exact) mass is 428 g/mol. The highest BCUT2D eigenvalue weighted by atomic mass is 32.2. The third-order valence-electron chi connectivity index (χ3n) is 6.00. The van der Waals surface area contributed by atoms with Crippen molar-refractivity contribution in [1.29, 1.82) is 5.41 Å². The summed E-state index contributed by atoms with van der Waals surface area (Å²) in [6.45, 7) is 1.99. The predicted molar refractivity (Wildman–Crippen MR) is 116 cm³/mol. The normalized spacial score (nSPS) is 24.2. The molecule has 3 rings (SSSR count). The molecular weight excluding hydrogens is 400 g/mol. The number of unbranched alkanes of at least 4 members (excludes halogenated alkanes) is 1. The molecule has 1 saturated heterocycles. The van der Waals surface area contributed by atoms with E-state index in [2.05, 4.69) is 0 Å². The Kier molecular flexibility index (Phi) is 6.61. The van der Waals surface area contributed by atoms with E-state index in [-0.39, 0.29) is 17.3 Å². The van der Waals surface area contributed by atoms with Gasteiger partial charge in [-0.2, -0.15) is 0 Å². The van der Waals surface area contributed by atoms with E-state index >= 15 is 0 Å². The molecule has 160 valence electrons. The van der Waals surface area contributed by atoms with Gasteiger partial charge in [-0.05, 0) is 24.1 Å². The highest BCUT2D eigenvalue weighted by molar-refractivity contribution is 7.91. The molecule has 0 spiro atoms. The number of carbonyl (C=O) groups excluding carboxylic acids is 1. The fraction of sp³-hybridized carbons (Fsp3) is 0.391. The van der Waals surface area contributed by atoms with Gasteiger partial charge in [-0.25, -0.2) is 8.42 Å². The lowest BCUT2D eigenvalue weighted by Crippen LogP contribution is -2.58. The second kappa shape index (κ2) is 9.00. The number of rotatable bonds is 8. The third kappa shape index (κ3) is 4.12. The molecular formula is C23H28N2O4S. The van der Waals surface area contributed by atoms with Gasteiger partial charge in [0.05, 0.1) is 34.4 Å². The second-order valence-electron chi connectivity index (χ2n) is 7.81. The molecule has 1 aliphatic heterocycles. The number of nitrogens with one attached hydrogen (secondary N) is 1. The molecule has 7 heteroatoms. The zero-order valence-corrected chi connectivity index (χ0v) is 17.9. The first-order chi connectivity index (χ1) is 14.3. The van der Waals surface area contributed by atoms with Gasteiger partial charge in [0.1, 0.15) is 0 Å². The number of amidine groups is 1. The Morgan fingerprint density at radius 2 is 1.73 bits per heavy atom. The third-order valence-corrected chi connectivity index (χ3v) is 7.85. The van der Waals surface area contributed by atoms with Crippen molar-refractivity contribution in [1.82, 2.24) is 0 Å². The first kappa shape index (κ1) is 22.0. The Labute approximate surface area is 177 Å². The van der Waals surface area contributed by atoms with Gasteiger partial charge in [0.25, 0.3) is 0 Å². The van der Waals surface area contributed by atoms with Crippen molar-refractivity contribution < 1.29 is 17.9 Å². The van der Waals surface area contributed by atoms with E-state index in [1.165, 1.54) is 12.1 Å². The molecule has 2 aromatic carbocycles. The SMILES string of the molecule is CCCCC1C(=O)OCC(c2ccccc2)C1(CS(=O)(=O)c1ccccc1)C(=N)N. The summed E-state index contributed by atoms with van der Waals surface area (Å²) in [6.07, 6.45) is 1.96. The highest BCUT2D eigenvalue weighted by Gasteiger charge is 2.57. The summed E-state index contributed by atoms with van der Waals surface area (Å²) in [6, 6.07) is 17.4. The number of esters is 1. The Hall–Kier alpha value is -2.67. The minimum Gasteiger partial charge on any atom is -0.465 e. The van der Waals surface area contributed by atoms with Crippen molar-refractivity contribution in [2.75, 3.05) is 12.4 Å². The number of nitrogens with two attached hydrogens (primary N) is 1. The van der Waals surface area contributed by atoms with Gasteiger partial charge in [-0.15, -0.1) is 0 Å². The van der Waals surface area contributed by atoms with Gasteiger partial charge >= 0.3 is 5.97 Å². The maximum atomic E-state index is 13.4. The number of hydrogen-bond donors (Lipinski definition) is 2. The van der Waals surface area contributed by atoms with E-state index < -0.39 is 38.8 Å². The van der Waals surface area contributed by atoms with Crippen LogP contribution in [0.15, 0.2) is 65.6 Å². The number of benzene rings is 2. The number of hydrogen-bond acceptors (Lipinski definition) is 5. The molecule has 3 N–H and O–H groups in total. The van der Waals surface area contributed by atoms with Crippen LogP contribution in [-0.2, 0) is 19.4 Å². The van der Waals surface area contributed by atoms with Crippen molar-refractivity contribution in [3.8, 4) is 0 Å². The average molecular weight is 429 g/mol. The molecule has 1 aliphatic rings. The molecule has 30 heavy (non-hydrogen) atoms. The van der Waals surface area contributed by atoms with Gasteiger partial charge in [0.15, 0.2) is 9.84 Å². The lowest BCUT2D eigenvalue weighted by atomic mass is 9.62. The van der Waals surface area contributed by atoms with Crippen molar-refractivity contribution in [3.05, 3.63) is 66.2 Å². The summed E-state index contributed by atoms with van der Waals surface area (Å²) >= 11 is 0. The van der Waals surface area contributed by atoms with Crippen LogP contribution in [0.2, 0.25) is 0 Å². The Morgan fingerprint density at radius 1 is 1.13 bits per heavy atom. The number of sulfone groups is 1. The zero-order chi connectivity index (χ0) is 21.8. The van der Waals surface area contributed by atoms with Crippen molar-refractivity contribution in [3.63, 3.8) is 0 Å². The molecule has 6 nitrogen and oxygen atoms in total. The largest absolute Gasteiger partial charge is 0.465 e. The van der Waals surface area contributed by atoms with E-state index in [0.29, 0.717) is 12.8 Å². The van der Waals surface area contributed by atoms with E-state index in [0.717, 1.165) is 12.0 Å². The first-order valence-electron chi connectivity index (χ1n) is 10.2. The van der Waals surface area contributed by atoms with Crippen LogP contribution in [0.1, 0.15) is 37.7 Å². The fourth-order valence-electron chi connectivity index (χ4n) is 4.41. The molecule has 3 atom stereocenters. The Morgan fingerprint density at radius 3 is 2.30 bits per heavy atom. The topological polar surface area (TPSA) is 110 Å². The summed E-state index contributed by atoms with van der Waals surface area (Å²) in [5.74, 6) is -2.49. The average Bonchev–Trinajstić information content (AvgIpc) is 2.74. The van der Waals surface area contributed by atoms with Gasteiger partial charge < -0.3 is 10.5 Å². The van der Waals surface area contributed by atoms with Crippen LogP contribution in [0.25, 0.3) is 0 Å². The predicted octanol–water partition coefficient (Wildman–Crippen LogP) is 3.53. The van der Waals surface area contributed by atoms with Crippen LogP contribution >= 0.6 is 0 Å². The summed E-state index contributed by atoms with van der Waals surface area (Å²) in [4.78, 5) is 13.0. The lowest BCUT2D eigenvalue weighted by molar-refractivity contribution is -0.161. The molecule has 0 aromatic heterocycles. The maximum Gasteiger partial charge on any atom is 0.310 e. The van der Waals surface area contributed by atoms with Gasteiger partial charge in [0, 0.05) is 5.92 Å². The van der Waals surface area contributed by atoms with Crippen molar-refractivity contribution in [2.45, 2.75) is 37.0 Å². The summed E-state index contributed by atoms with van der Waals surface area (Å²) < 4.78 is 32.3. The molecule has 2 aromatic rings. The number of cyclic esters (lactones) is 1. The molecule has 3 unspecified atom stereocenters. The van der Waals surface area contributed by atoms with E-state index in [1.807, 2.05) is 37.3 Å². The van der Waals surface area contributed by atoms with Crippen molar-refractivity contribution in [2.24, 2.45) is 17.1 Å². The number of ether oxygens (including phenoxy) is 1. The molecule has 0 amide bonds. The summed E-state index contributed by atoms with van der Waals surface area (Å²) in [7, 11) is -3.81. The molecule has 0 radical (unpaired) electrons. The minimum atomic E-state index is -3.81. The Balaban J connectivity index is 2.18. The molecule has 1 fully saturated rings. The standard InChI is InChI=1S/C23H28N2O4S/c1-2-3-14-19-21(26)29-15-20(17-10-6-4-7-11-17)23(19,22(24)25)16-30(27,28)18-12-8-5-9-13-18/h4-13,19-20H,2-3,14-16H2,1H3,(H3,24,25). The summed E-state index contributed by atoms with van der Waals surface area (Å²) in [5.41, 5.74) is 5.59. The van der Waals surface area contributed by atoms with Gasteiger partial charge in [-0.3, -0.25) is 10.2 Å². The smallest absolute Gasteiger partial charge is 0.310 e. The highest BCUT2D eigenvalue weighted by Crippen LogP contribution is 2.49. The lowest BCUT2D eigenvalue weighted by Gasteiger charge is -2.47. The van der Waals surface area contributed by atoms with Crippen LogP contribution < -0.4 is 5.73 Å². The fourth-order valence-corrected chi connectivity index (χ4v) is 6.34. The number of carbonyl (C=O) groups is 1. The quantitative estimate of drug-likeness (QED) is 0.380. The molecule has 1 heterocycles. The van der Waals surface area contributed by atoms with E-state index in [1.54, 1.807) is 18.2 Å².